The summed E-state index contributed by atoms with van der Waals surface area (Å²) in [7, 11) is 1.76. The van der Waals surface area contributed by atoms with E-state index in [1.54, 1.807) is 7.11 Å². The Morgan fingerprint density at radius 2 is 2.06 bits per heavy atom. The van der Waals surface area contributed by atoms with Crippen molar-refractivity contribution in [3.8, 4) is 0 Å². The number of ether oxygens (including phenoxy) is 1. The Morgan fingerprint density at radius 3 is 2.76 bits per heavy atom. The van der Waals surface area contributed by atoms with Gasteiger partial charge >= 0.3 is 0 Å². The van der Waals surface area contributed by atoms with Crippen molar-refractivity contribution in [3.05, 3.63) is 33.8 Å². The molecule has 0 atom stereocenters. The highest BCUT2D eigenvalue weighted by Gasteiger charge is 2.19. The lowest BCUT2D eigenvalue weighted by Crippen LogP contribution is -2.15. The van der Waals surface area contributed by atoms with Crippen molar-refractivity contribution < 1.29 is 4.74 Å². The molecule has 3 heteroatoms. The molecule has 1 N–H and O–H groups in total. The molecule has 17 heavy (non-hydrogen) atoms. The summed E-state index contributed by atoms with van der Waals surface area (Å²) in [5, 5.41) is 3.55. The first-order valence-electron chi connectivity index (χ1n) is 6.28. The van der Waals surface area contributed by atoms with Gasteiger partial charge in [0.25, 0.3) is 0 Å². The van der Waals surface area contributed by atoms with E-state index in [0.717, 1.165) is 32.0 Å². The second-order valence-corrected chi connectivity index (χ2v) is 5.63. The van der Waals surface area contributed by atoms with Gasteiger partial charge in [-0.05, 0) is 48.9 Å². The van der Waals surface area contributed by atoms with E-state index in [9.17, 15) is 0 Å². The minimum absolute atomic E-state index is 0.769. The maximum atomic E-state index is 5.09. The first-order chi connectivity index (χ1) is 8.28. The van der Waals surface area contributed by atoms with Crippen LogP contribution in [0.15, 0.2) is 22.7 Å². The fourth-order valence-electron chi connectivity index (χ4n) is 1.93. The molecule has 0 aromatic heterocycles. The molecule has 0 unspecified atom stereocenters. The molecule has 1 fully saturated rings. The first kappa shape index (κ1) is 13.1. The van der Waals surface area contributed by atoms with Crippen molar-refractivity contribution in [2.75, 3.05) is 13.7 Å². The zero-order chi connectivity index (χ0) is 12.1. The van der Waals surface area contributed by atoms with Crippen LogP contribution < -0.4 is 5.32 Å². The number of methoxy groups -OCH3 is 1. The van der Waals surface area contributed by atoms with Gasteiger partial charge in [-0.15, -0.1) is 0 Å². The van der Waals surface area contributed by atoms with Gasteiger partial charge in [-0.1, -0.05) is 22.0 Å². The third-order valence-corrected chi connectivity index (χ3v) is 3.46. The van der Waals surface area contributed by atoms with E-state index in [4.69, 9.17) is 4.74 Å². The molecule has 0 heterocycles. The van der Waals surface area contributed by atoms with E-state index in [0.29, 0.717) is 0 Å². The average Bonchev–Trinajstić information content (AvgIpc) is 3.10. The van der Waals surface area contributed by atoms with Crippen LogP contribution in [0.3, 0.4) is 0 Å². The smallest absolute Gasteiger partial charge is 0.0465 e. The summed E-state index contributed by atoms with van der Waals surface area (Å²) in [5.74, 6) is 0. The van der Waals surface area contributed by atoms with Crippen LogP contribution in [-0.2, 0) is 17.7 Å². The van der Waals surface area contributed by atoms with E-state index in [-0.39, 0.29) is 0 Å². The van der Waals surface area contributed by atoms with E-state index >= 15 is 0 Å². The van der Waals surface area contributed by atoms with Gasteiger partial charge in [-0.25, -0.2) is 0 Å². The van der Waals surface area contributed by atoms with Crippen LogP contribution >= 0.6 is 15.9 Å². The predicted octanol–water partition coefficient (Wildman–Crippen LogP) is 3.28. The number of hydrogen-bond acceptors (Lipinski definition) is 2. The summed E-state index contributed by atoms with van der Waals surface area (Å²) < 4.78 is 6.27. The molecule has 0 aliphatic heterocycles. The van der Waals surface area contributed by atoms with Crippen LogP contribution in [0.1, 0.15) is 30.4 Å². The van der Waals surface area contributed by atoms with Crippen molar-refractivity contribution in [1.29, 1.82) is 0 Å². The molecule has 1 aromatic rings. The first-order valence-corrected chi connectivity index (χ1v) is 7.08. The van der Waals surface area contributed by atoms with E-state index in [2.05, 4.69) is 39.4 Å². The monoisotopic (exact) mass is 297 g/mol. The predicted molar refractivity (Wildman–Crippen MR) is 74.2 cm³/mol. The summed E-state index contributed by atoms with van der Waals surface area (Å²) in [6.45, 7) is 1.82. The number of halogens is 1. The lowest BCUT2D eigenvalue weighted by Gasteiger charge is -2.08. The molecular weight excluding hydrogens is 278 g/mol. The number of hydrogen-bond donors (Lipinski definition) is 1. The zero-order valence-electron chi connectivity index (χ0n) is 10.3. The van der Waals surface area contributed by atoms with Crippen LogP contribution in [0.5, 0.6) is 0 Å². The molecule has 1 aromatic carbocycles. The standard InChI is InChI=1S/C14H20BrNO/c1-17-6-2-3-11-7-12(9-13(15)8-11)10-16-14-4-5-14/h7-9,14,16H,2-6,10H2,1H3. The van der Waals surface area contributed by atoms with Gasteiger partial charge in [0.05, 0.1) is 0 Å². The quantitative estimate of drug-likeness (QED) is 0.780. The van der Waals surface area contributed by atoms with Crippen molar-refractivity contribution in [1.82, 2.24) is 5.32 Å². The van der Waals surface area contributed by atoms with Gasteiger partial charge in [0.15, 0.2) is 0 Å². The number of nitrogens with one attached hydrogen (secondary N) is 1. The number of benzene rings is 1. The van der Waals surface area contributed by atoms with Gasteiger partial charge in [0, 0.05) is 30.8 Å². The zero-order valence-corrected chi connectivity index (χ0v) is 11.9. The van der Waals surface area contributed by atoms with Gasteiger partial charge in [0.2, 0.25) is 0 Å². The molecule has 2 rings (SSSR count). The van der Waals surface area contributed by atoms with Gasteiger partial charge in [-0.3, -0.25) is 0 Å². The SMILES string of the molecule is COCCCc1cc(Br)cc(CNC2CC2)c1. The normalized spacial score (nSPS) is 15.2. The molecule has 0 radical (unpaired) electrons. The fraction of sp³-hybridized carbons (Fsp3) is 0.571. The van der Waals surface area contributed by atoms with Gasteiger partial charge < -0.3 is 10.1 Å². The van der Waals surface area contributed by atoms with Crippen molar-refractivity contribution in [3.63, 3.8) is 0 Å². The van der Waals surface area contributed by atoms with Crippen LogP contribution in [0.25, 0.3) is 0 Å². The van der Waals surface area contributed by atoms with Crippen LogP contribution in [0.2, 0.25) is 0 Å². The Bertz CT molecular complexity index is 363. The molecule has 2 nitrogen and oxygen atoms in total. The Labute approximate surface area is 112 Å². The molecule has 94 valence electrons. The maximum Gasteiger partial charge on any atom is 0.0465 e. The molecule has 1 aliphatic carbocycles. The lowest BCUT2D eigenvalue weighted by atomic mass is 10.1. The molecule has 1 saturated carbocycles. The molecule has 0 spiro atoms. The number of aryl methyl sites for hydroxylation is 1. The highest BCUT2D eigenvalue weighted by Crippen LogP contribution is 2.21. The summed E-state index contributed by atoms with van der Waals surface area (Å²) >= 11 is 3.59. The Hall–Kier alpha value is -0.380. The van der Waals surface area contributed by atoms with Crippen LogP contribution in [-0.4, -0.2) is 19.8 Å². The van der Waals surface area contributed by atoms with E-state index in [1.165, 1.54) is 28.4 Å². The Kier molecular flexibility index (Phi) is 5.01. The molecular formula is C14H20BrNO. The summed E-state index contributed by atoms with van der Waals surface area (Å²) in [6, 6.07) is 7.48. The van der Waals surface area contributed by atoms with Crippen LogP contribution in [0, 0.1) is 0 Å². The summed E-state index contributed by atoms with van der Waals surface area (Å²) in [5.41, 5.74) is 2.77. The Morgan fingerprint density at radius 1 is 1.29 bits per heavy atom. The van der Waals surface area contributed by atoms with Crippen molar-refractivity contribution in [2.24, 2.45) is 0 Å². The highest BCUT2D eigenvalue weighted by atomic mass is 79.9. The van der Waals surface area contributed by atoms with Crippen molar-refractivity contribution >= 4 is 15.9 Å². The van der Waals surface area contributed by atoms with Gasteiger partial charge in [-0.2, -0.15) is 0 Å². The highest BCUT2D eigenvalue weighted by molar-refractivity contribution is 9.10. The van der Waals surface area contributed by atoms with E-state index in [1.807, 2.05) is 0 Å². The van der Waals surface area contributed by atoms with Gasteiger partial charge in [0.1, 0.15) is 0 Å². The number of rotatable bonds is 7. The third-order valence-electron chi connectivity index (χ3n) is 3.00. The third kappa shape index (κ3) is 4.78. The molecule has 0 saturated heterocycles. The second kappa shape index (κ2) is 6.53. The minimum atomic E-state index is 0.769. The van der Waals surface area contributed by atoms with E-state index < -0.39 is 0 Å². The second-order valence-electron chi connectivity index (χ2n) is 4.72. The lowest BCUT2D eigenvalue weighted by molar-refractivity contribution is 0.195. The molecule has 1 aliphatic rings. The average molecular weight is 298 g/mol. The summed E-state index contributed by atoms with van der Waals surface area (Å²) in [4.78, 5) is 0. The Balaban J connectivity index is 1.90. The molecule has 0 bridgehead atoms. The fourth-order valence-corrected chi connectivity index (χ4v) is 2.52. The topological polar surface area (TPSA) is 21.3 Å². The largest absolute Gasteiger partial charge is 0.385 e. The van der Waals surface area contributed by atoms with Crippen LogP contribution in [0.4, 0.5) is 0 Å². The summed E-state index contributed by atoms with van der Waals surface area (Å²) in [6.07, 6.45) is 4.86. The minimum Gasteiger partial charge on any atom is -0.385 e. The molecule has 0 amide bonds. The van der Waals surface area contributed by atoms with Crippen molar-refractivity contribution in [2.45, 2.75) is 38.3 Å². The maximum absolute atomic E-state index is 5.09.